The second-order valence-electron chi connectivity index (χ2n) is 7.19. The van der Waals surface area contributed by atoms with Gasteiger partial charge in [-0.05, 0) is 52.3 Å². The second-order valence-corrected chi connectivity index (χ2v) is 7.52. The number of carbonyl (C=O) groups is 2. The van der Waals surface area contributed by atoms with Gasteiger partial charge >= 0.3 is 12.1 Å². The third-order valence-corrected chi connectivity index (χ3v) is 4.01. The first-order chi connectivity index (χ1) is 12.5. The van der Waals surface area contributed by atoms with Gasteiger partial charge in [0.15, 0.2) is 5.82 Å². The van der Waals surface area contributed by atoms with Crippen molar-refractivity contribution < 1.29 is 19.1 Å². The third kappa shape index (κ3) is 5.09. The summed E-state index contributed by atoms with van der Waals surface area (Å²) in [6, 6.07) is 1.43. The number of nitrogens with zero attached hydrogens (tertiary/aromatic N) is 4. The van der Waals surface area contributed by atoms with Gasteiger partial charge in [-0.2, -0.15) is 4.98 Å². The lowest BCUT2D eigenvalue weighted by atomic mass is 10.2. The van der Waals surface area contributed by atoms with Crippen LogP contribution in [0.15, 0.2) is 12.3 Å². The molecule has 2 aromatic heterocycles. The number of esters is 1. The van der Waals surface area contributed by atoms with Crippen molar-refractivity contribution >= 4 is 40.5 Å². The van der Waals surface area contributed by atoms with Crippen LogP contribution in [0.5, 0.6) is 0 Å². The van der Waals surface area contributed by atoms with Crippen molar-refractivity contribution in [1.82, 2.24) is 14.5 Å². The molecule has 1 unspecified atom stereocenters. The summed E-state index contributed by atoms with van der Waals surface area (Å²) in [6.45, 7) is 9.31. The average molecular weight is 397 g/mol. The summed E-state index contributed by atoms with van der Waals surface area (Å²) in [6.07, 6.45) is 1.19. The summed E-state index contributed by atoms with van der Waals surface area (Å²) in [7, 11) is 1.77. The van der Waals surface area contributed by atoms with Gasteiger partial charge in [0.25, 0.3) is 0 Å². The number of anilines is 1. The molecule has 1 atom stereocenters. The van der Waals surface area contributed by atoms with E-state index in [1.807, 2.05) is 6.92 Å². The van der Waals surface area contributed by atoms with Crippen molar-refractivity contribution in [1.29, 1.82) is 0 Å². The Kier molecular flexibility index (Phi) is 6.30. The number of hydrogen-bond donors (Lipinski definition) is 0. The Bertz CT molecular complexity index is 844. The van der Waals surface area contributed by atoms with E-state index in [9.17, 15) is 9.59 Å². The smallest absolute Gasteiger partial charge is 0.419 e. The van der Waals surface area contributed by atoms with E-state index in [2.05, 4.69) is 9.97 Å². The molecule has 2 rings (SSSR count). The Labute approximate surface area is 163 Å². The van der Waals surface area contributed by atoms with Crippen molar-refractivity contribution in [2.45, 2.75) is 52.7 Å². The van der Waals surface area contributed by atoms with Crippen LogP contribution in [0.3, 0.4) is 0 Å². The highest BCUT2D eigenvalue weighted by Gasteiger charge is 2.25. The molecule has 0 N–H and O–H groups in total. The highest BCUT2D eigenvalue weighted by atomic mass is 35.5. The lowest BCUT2D eigenvalue weighted by molar-refractivity contribution is -0.143. The molecule has 0 spiro atoms. The van der Waals surface area contributed by atoms with Crippen LogP contribution < -0.4 is 4.90 Å². The van der Waals surface area contributed by atoms with Crippen LogP contribution in [-0.2, 0) is 14.3 Å². The fraction of sp³-hybridized carbons (Fsp3) is 0.556. The third-order valence-electron chi connectivity index (χ3n) is 3.84. The Hall–Kier alpha value is -2.35. The first kappa shape index (κ1) is 21.0. The van der Waals surface area contributed by atoms with E-state index >= 15 is 0 Å². The van der Waals surface area contributed by atoms with Crippen molar-refractivity contribution in [3.8, 4) is 0 Å². The fourth-order valence-electron chi connectivity index (χ4n) is 2.52. The molecule has 0 bridgehead atoms. The molecule has 9 heteroatoms. The number of carbonyl (C=O) groups excluding carboxylic acids is 2. The molecule has 0 aliphatic carbocycles. The normalized spacial score (nSPS) is 12.7. The van der Waals surface area contributed by atoms with Crippen LogP contribution >= 0.6 is 11.6 Å². The molecule has 0 saturated carbocycles. The maximum Gasteiger partial charge on any atom is 0.419 e. The highest BCUT2D eigenvalue weighted by Crippen LogP contribution is 2.28. The molecule has 0 aliphatic rings. The van der Waals surface area contributed by atoms with E-state index in [0.29, 0.717) is 23.5 Å². The number of ether oxygens (including phenoxy) is 2. The van der Waals surface area contributed by atoms with E-state index in [4.69, 9.17) is 21.1 Å². The first-order valence-electron chi connectivity index (χ1n) is 8.70. The standard InChI is InChI=1S/C18H25ClN4O4/c1-7-26-13(24)10-11(2)22(6)15-14-12(20-16(19)21-15)8-9-23(14)17(25)27-18(3,4)5/h8-9,11H,7,10H2,1-6H3. The van der Waals surface area contributed by atoms with Crippen LogP contribution in [0.25, 0.3) is 11.0 Å². The van der Waals surface area contributed by atoms with Crippen molar-refractivity contribution in [3.63, 3.8) is 0 Å². The molecule has 148 valence electrons. The first-order valence-corrected chi connectivity index (χ1v) is 9.07. The van der Waals surface area contributed by atoms with Gasteiger partial charge in [0.1, 0.15) is 11.1 Å². The van der Waals surface area contributed by atoms with Crippen molar-refractivity contribution in [3.05, 3.63) is 17.5 Å². The second kappa shape index (κ2) is 8.12. The number of aromatic nitrogens is 3. The van der Waals surface area contributed by atoms with Gasteiger partial charge in [0, 0.05) is 19.3 Å². The molecule has 2 aromatic rings. The fourth-order valence-corrected chi connectivity index (χ4v) is 2.69. The monoisotopic (exact) mass is 396 g/mol. The lowest BCUT2D eigenvalue weighted by Crippen LogP contribution is -2.33. The quantitative estimate of drug-likeness (QED) is 0.563. The average Bonchev–Trinajstić information content (AvgIpc) is 2.95. The van der Waals surface area contributed by atoms with Crippen LogP contribution in [0.1, 0.15) is 41.0 Å². The summed E-state index contributed by atoms with van der Waals surface area (Å²) in [5.74, 6) is 0.119. The summed E-state index contributed by atoms with van der Waals surface area (Å²) in [4.78, 5) is 34.6. The molecular formula is C18H25ClN4O4. The highest BCUT2D eigenvalue weighted by molar-refractivity contribution is 6.28. The summed E-state index contributed by atoms with van der Waals surface area (Å²) >= 11 is 6.06. The predicted molar refractivity (Wildman–Crippen MR) is 103 cm³/mol. The zero-order valence-corrected chi connectivity index (χ0v) is 17.2. The van der Waals surface area contributed by atoms with Gasteiger partial charge in [-0.1, -0.05) is 0 Å². The van der Waals surface area contributed by atoms with Crippen LogP contribution in [0, 0.1) is 0 Å². The van der Waals surface area contributed by atoms with E-state index in [1.54, 1.807) is 51.9 Å². The zero-order chi connectivity index (χ0) is 20.4. The Morgan fingerprint density at radius 1 is 1.33 bits per heavy atom. The van der Waals surface area contributed by atoms with Crippen molar-refractivity contribution in [2.75, 3.05) is 18.6 Å². The minimum absolute atomic E-state index is 0.0506. The zero-order valence-electron chi connectivity index (χ0n) is 16.4. The molecule has 0 fully saturated rings. The maximum absolute atomic E-state index is 12.6. The van der Waals surface area contributed by atoms with Crippen LogP contribution in [-0.4, -0.2) is 51.9 Å². The van der Waals surface area contributed by atoms with Gasteiger partial charge in [0.2, 0.25) is 5.28 Å². The van der Waals surface area contributed by atoms with Gasteiger partial charge in [0.05, 0.1) is 18.5 Å². The van der Waals surface area contributed by atoms with E-state index < -0.39 is 11.7 Å². The van der Waals surface area contributed by atoms with Crippen LogP contribution in [0.4, 0.5) is 10.6 Å². The maximum atomic E-state index is 12.6. The molecule has 2 heterocycles. The Morgan fingerprint density at radius 2 is 2.00 bits per heavy atom. The van der Waals surface area contributed by atoms with E-state index in [-0.39, 0.29) is 23.7 Å². The van der Waals surface area contributed by atoms with Gasteiger partial charge in [-0.3, -0.25) is 4.79 Å². The molecule has 0 aliphatic heterocycles. The molecule has 0 amide bonds. The van der Waals surface area contributed by atoms with Gasteiger partial charge in [-0.15, -0.1) is 0 Å². The number of rotatable bonds is 5. The van der Waals surface area contributed by atoms with E-state index in [0.717, 1.165) is 0 Å². The molecule has 0 saturated heterocycles. The minimum atomic E-state index is -0.649. The molecule has 0 aromatic carbocycles. The summed E-state index contributed by atoms with van der Waals surface area (Å²) in [5, 5.41) is 0.0506. The molecule has 27 heavy (non-hydrogen) atoms. The van der Waals surface area contributed by atoms with E-state index in [1.165, 1.54) is 4.57 Å². The summed E-state index contributed by atoms with van der Waals surface area (Å²) < 4.78 is 11.8. The number of hydrogen-bond acceptors (Lipinski definition) is 7. The topological polar surface area (TPSA) is 86.5 Å². The molecular weight excluding hydrogens is 372 g/mol. The molecule has 8 nitrogen and oxygen atoms in total. The van der Waals surface area contributed by atoms with Gasteiger partial charge < -0.3 is 14.4 Å². The number of fused-ring (bicyclic) bond motifs is 1. The van der Waals surface area contributed by atoms with Crippen LogP contribution in [0.2, 0.25) is 5.28 Å². The SMILES string of the molecule is CCOC(=O)CC(C)N(C)c1nc(Cl)nc2ccn(C(=O)OC(C)(C)C)c12. The Balaban J connectivity index is 2.44. The minimum Gasteiger partial charge on any atom is -0.466 e. The predicted octanol–water partition coefficient (Wildman–Crippen LogP) is 3.65. The Morgan fingerprint density at radius 3 is 2.59 bits per heavy atom. The van der Waals surface area contributed by atoms with Gasteiger partial charge in [-0.25, -0.2) is 14.3 Å². The summed E-state index contributed by atoms with van der Waals surface area (Å²) in [5.41, 5.74) is 0.322. The number of halogens is 1. The van der Waals surface area contributed by atoms with Crippen molar-refractivity contribution in [2.24, 2.45) is 0 Å². The largest absolute Gasteiger partial charge is 0.466 e. The molecule has 0 radical (unpaired) electrons. The lowest BCUT2D eigenvalue weighted by Gasteiger charge is -2.26.